The minimum atomic E-state index is 0.136. The van der Waals surface area contributed by atoms with E-state index >= 15 is 0 Å². The van der Waals surface area contributed by atoms with Crippen molar-refractivity contribution in [1.82, 2.24) is 0 Å². The maximum Gasteiger partial charge on any atom is 0.268 e. The van der Waals surface area contributed by atoms with Gasteiger partial charge in [0.25, 0.3) is 5.90 Å². The van der Waals surface area contributed by atoms with Gasteiger partial charge in [0.2, 0.25) is 6.21 Å². The number of rotatable bonds is 4. The minimum Gasteiger partial charge on any atom is -0.479 e. The fourth-order valence-electron chi connectivity index (χ4n) is 1.14. The topological polar surface area (TPSA) is 59.3 Å². The second kappa shape index (κ2) is 8.20. The van der Waals surface area contributed by atoms with Crippen LogP contribution in [0.2, 0.25) is 0 Å². The van der Waals surface area contributed by atoms with Crippen LogP contribution in [0.15, 0.2) is 39.9 Å². The molecule has 5 heteroatoms. The van der Waals surface area contributed by atoms with Gasteiger partial charge in [0.05, 0.1) is 17.7 Å². The third-order valence-corrected chi connectivity index (χ3v) is 2.42. The summed E-state index contributed by atoms with van der Waals surface area (Å²) in [5, 5.41) is 15.1. The maximum atomic E-state index is 8.50. The minimum absolute atomic E-state index is 0.136. The summed E-state index contributed by atoms with van der Waals surface area (Å²) in [6.07, 6.45) is 3.75. The van der Waals surface area contributed by atoms with Crippen molar-refractivity contribution >= 4 is 34.1 Å². The Kier molecular flexibility index (Phi) is 6.44. The second-order valence-electron chi connectivity index (χ2n) is 3.26. The van der Waals surface area contributed by atoms with Gasteiger partial charge in [-0.3, -0.25) is 0 Å². The fraction of sp³-hybridized carbons (Fsp3) is 0.154. The van der Waals surface area contributed by atoms with Crippen LogP contribution in [0.25, 0.3) is 6.08 Å². The van der Waals surface area contributed by atoms with Crippen LogP contribution in [0.3, 0.4) is 0 Å². The van der Waals surface area contributed by atoms with Crippen LogP contribution in [0.5, 0.6) is 0 Å². The highest BCUT2D eigenvalue weighted by molar-refractivity contribution is 9.12. The number of nitrogens with zero attached hydrogens (tertiary/aromatic N) is 2. The Bertz CT molecular complexity index is 501. The van der Waals surface area contributed by atoms with E-state index in [4.69, 9.17) is 10.00 Å². The van der Waals surface area contributed by atoms with Crippen LogP contribution in [-0.2, 0) is 4.74 Å². The Labute approximate surface area is 114 Å². The first-order valence-electron chi connectivity index (χ1n) is 5.24. The van der Waals surface area contributed by atoms with Crippen molar-refractivity contribution in [2.45, 2.75) is 6.42 Å². The number of hydrogen-bond donors (Lipinski definition) is 1. The number of hydrazone groups is 1. The quantitative estimate of drug-likeness (QED) is 0.520. The van der Waals surface area contributed by atoms with Crippen molar-refractivity contribution in [1.29, 1.82) is 5.26 Å². The maximum absolute atomic E-state index is 8.50. The second-order valence-corrected chi connectivity index (χ2v) is 4.17. The molecule has 0 atom stereocenters. The molecule has 0 spiro atoms. The van der Waals surface area contributed by atoms with E-state index in [-0.39, 0.29) is 6.42 Å². The first-order valence-corrected chi connectivity index (χ1v) is 6.04. The number of nitriles is 1. The van der Waals surface area contributed by atoms with Gasteiger partial charge in [0, 0.05) is 5.10 Å². The van der Waals surface area contributed by atoms with E-state index < -0.39 is 0 Å². The van der Waals surface area contributed by atoms with Gasteiger partial charge in [-0.2, -0.15) is 5.26 Å². The zero-order valence-electron chi connectivity index (χ0n) is 9.93. The molecular formula is C13H13BrN3O+. The van der Waals surface area contributed by atoms with Crippen molar-refractivity contribution in [3.05, 3.63) is 40.4 Å². The number of nitrogens with one attached hydrogen (secondary N) is 1. The lowest BCUT2D eigenvalue weighted by Gasteiger charge is -1.92. The Hall–Kier alpha value is -1.93. The van der Waals surface area contributed by atoms with Gasteiger partial charge in [-0.15, -0.1) is 5.10 Å². The van der Waals surface area contributed by atoms with Gasteiger partial charge in [0.15, 0.2) is 0 Å². The first kappa shape index (κ1) is 14.1. The van der Waals surface area contributed by atoms with Crippen molar-refractivity contribution in [3.8, 4) is 6.07 Å². The predicted molar refractivity (Wildman–Crippen MR) is 75.0 cm³/mol. The molecule has 0 aliphatic heterocycles. The monoisotopic (exact) mass is 306 g/mol. The van der Waals surface area contributed by atoms with Crippen molar-refractivity contribution < 1.29 is 9.84 Å². The zero-order chi connectivity index (χ0) is 13.2. The molecule has 0 saturated heterocycles. The number of halogens is 1. The van der Waals surface area contributed by atoms with Crippen LogP contribution >= 0.6 is 15.9 Å². The molecular weight excluding hydrogens is 294 g/mol. The summed E-state index contributed by atoms with van der Waals surface area (Å²) in [6, 6.07) is 11.8. The van der Waals surface area contributed by atoms with Crippen LogP contribution in [0, 0.1) is 11.3 Å². The summed E-state index contributed by atoms with van der Waals surface area (Å²) in [5.74, 6) is 0.341. The van der Waals surface area contributed by atoms with Crippen LogP contribution in [0.1, 0.15) is 12.0 Å². The third-order valence-electron chi connectivity index (χ3n) is 1.96. The summed E-state index contributed by atoms with van der Waals surface area (Å²) < 4.78 is 5.74. The number of ether oxygens (including phenoxy) is 1. The molecule has 1 rings (SSSR count). The average molecular weight is 307 g/mol. The largest absolute Gasteiger partial charge is 0.479 e. The molecule has 0 radical (unpaired) electrons. The van der Waals surface area contributed by atoms with E-state index in [9.17, 15) is 0 Å². The van der Waals surface area contributed by atoms with Crippen LogP contribution < -0.4 is 5.10 Å². The Morgan fingerprint density at radius 1 is 1.50 bits per heavy atom. The van der Waals surface area contributed by atoms with E-state index in [0.717, 1.165) is 10.0 Å². The van der Waals surface area contributed by atoms with E-state index in [1.165, 1.54) is 7.11 Å². The average Bonchev–Trinajstić information content (AvgIpc) is 2.39. The Balaban J connectivity index is 2.67. The summed E-state index contributed by atoms with van der Waals surface area (Å²) in [7, 11) is 1.48. The molecule has 0 aromatic heterocycles. The summed E-state index contributed by atoms with van der Waals surface area (Å²) >= 11 is 3.39. The SMILES string of the molecule is CO\C(CC#N)=N/[NH+]=C/C(Br)=C/c1ccccc1. The Morgan fingerprint density at radius 3 is 2.83 bits per heavy atom. The number of hydrogen-bond acceptors (Lipinski definition) is 3. The van der Waals surface area contributed by atoms with Crippen molar-refractivity contribution in [2.24, 2.45) is 5.10 Å². The van der Waals surface area contributed by atoms with E-state index in [2.05, 4.69) is 26.1 Å². The highest BCUT2D eigenvalue weighted by atomic mass is 79.9. The van der Waals surface area contributed by atoms with E-state index in [1.807, 2.05) is 42.5 Å². The zero-order valence-corrected chi connectivity index (χ0v) is 11.5. The molecule has 0 unspecified atom stereocenters. The van der Waals surface area contributed by atoms with E-state index in [1.54, 1.807) is 6.21 Å². The van der Waals surface area contributed by atoms with Crippen LogP contribution in [-0.4, -0.2) is 19.2 Å². The highest BCUT2D eigenvalue weighted by Crippen LogP contribution is 2.08. The summed E-state index contributed by atoms with van der Waals surface area (Å²) in [6.45, 7) is 0. The highest BCUT2D eigenvalue weighted by Gasteiger charge is 1.98. The number of allylic oxidation sites excluding steroid dienone is 1. The molecule has 92 valence electrons. The van der Waals surface area contributed by atoms with Gasteiger partial charge in [0.1, 0.15) is 6.42 Å². The molecule has 0 aliphatic rings. The van der Waals surface area contributed by atoms with Gasteiger partial charge >= 0.3 is 0 Å². The molecule has 18 heavy (non-hydrogen) atoms. The summed E-state index contributed by atoms with van der Waals surface area (Å²) in [4.78, 5) is 0. The molecule has 0 aliphatic carbocycles. The molecule has 1 aromatic carbocycles. The fourth-order valence-corrected chi connectivity index (χ4v) is 1.51. The molecule has 4 nitrogen and oxygen atoms in total. The van der Waals surface area contributed by atoms with Gasteiger partial charge in [-0.25, -0.2) is 0 Å². The molecule has 1 N–H and O–H groups in total. The van der Waals surface area contributed by atoms with E-state index in [0.29, 0.717) is 5.90 Å². The first-order chi connectivity index (χ1) is 8.76. The number of benzene rings is 1. The van der Waals surface area contributed by atoms with Gasteiger partial charge in [-0.1, -0.05) is 30.3 Å². The molecule has 0 saturated carbocycles. The molecule has 1 aromatic rings. The normalized spacial score (nSPS) is 12.5. The molecule has 0 heterocycles. The lowest BCUT2D eigenvalue weighted by molar-refractivity contribution is -0.457. The predicted octanol–water partition coefficient (Wildman–Crippen LogP) is 1.45. The number of methoxy groups -OCH3 is 1. The summed E-state index contributed by atoms with van der Waals surface area (Å²) in [5.41, 5.74) is 1.08. The Morgan fingerprint density at radius 2 is 2.22 bits per heavy atom. The van der Waals surface area contributed by atoms with Crippen molar-refractivity contribution in [3.63, 3.8) is 0 Å². The van der Waals surface area contributed by atoms with Gasteiger partial charge < -0.3 is 4.74 Å². The standard InChI is InChI=1S/C13H12BrN3O/c1-18-13(7-8-15)17-16-10-12(14)9-11-5-3-2-4-6-11/h2-6,9-10H,7H2,1H3/p+1/b12-9-,16-10+,17-13-. The smallest absolute Gasteiger partial charge is 0.268 e. The molecule has 0 amide bonds. The lowest BCUT2D eigenvalue weighted by Crippen LogP contribution is -2.62. The van der Waals surface area contributed by atoms with Crippen molar-refractivity contribution in [2.75, 3.05) is 7.11 Å². The van der Waals surface area contributed by atoms with Crippen LogP contribution in [0.4, 0.5) is 0 Å². The molecule has 0 fully saturated rings. The molecule has 0 bridgehead atoms. The van der Waals surface area contributed by atoms with Gasteiger partial charge in [-0.05, 0) is 27.6 Å². The third kappa shape index (κ3) is 5.41. The lowest BCUT2D eigenvalue weighted by atomic mass is 10.2.